The molecule has 2 aromatic rings. The van der Waals surface area contributed by atoms with Crippen molar-refractivity contribution in [3.8, 4) is 6.07 Å². The van der Waals surface area contributed by atoms with Crippen molar-refractivity contribution in [2.75, 3.05) is 5.32 Å². The Morgan fingerprint density at radius 2 is 1.89 bits per heavy atom. The molecule has 2 nitrogen and oxygen atoms in total. The van der Waals surface area contributed by atoms with Gasteiger partial charge in [-0.25, -0.2) is 0 Å². The third kappa shape index (κ3) is 2.33. The summed E-state index contributed by atoms with van der Waals surface area (Å²) in [5.74, 6) is 0.141. The van der Waals surface area contributed by atoms with Gasteiger partial charge in [-0.2, -0.15) is 5.26 Å². The lowest BCUT2D eigenvalue weighted by atomic mass is 10.0. The van der Waals surface area contributed by atoms with Crippen LogP contribution in [0, 0.1) is 17.2 Å². The lowest BCUT2D eigenvalue weighted by Gasteiger charge is -2.19. The molecule has 1 saturated carbocycles. The van der Waals surface area contributed by atoms with E-state index in [1.54, 1.807) is 0 Å². The van der Waals surface area contributed by atoms with E-state index in [4.69, 9.17) is 0 Å². The first-order valence-electron chi connectivity index (χ1n) is 6.63. The number of nitrogens with zero attached hydrogens (tertiary/aromatic N) is 1. The van der Waals surface area contributed by atoms with Gasteiger partial charge in [-0.15, -0.1) is 0 Å². The second kappa shape index (κ2) is 5.22. The number of nitriles is 1. The predicted molar refractivity (Wildman–Crippen MR) is 82.0 cm³/mol. The van der Waals surface area contributed by atoms with Crippen LogP contribution in [0.2, 0.25) is 0 Å². The summed E-state index contributed by atoms with van der Waals surface area (Å²) in [7, 11) is 0. The molecule has 1 N–H and O–H groups in total. The summed E-state index contributed by atoms with van der Waals surface area (Å²) < 4.78 is 1.11. The fourth-order valence-corrected chi connectivity index (χ4v) is 3.35. The van der Waals surface area contributed by atoms with Crippen molar-refractivity contribution in [1.82, 2.24) is 0 Å². The van der Waals surface area contributed by atoms with Crippen LogP contribution in [0.4, 0.5) is 5.69 Å². The summed E-state index contributed by atoms with van der Waals surface area (Å²) in [4.78, 5) is 0. The van der Waals surface area contributed by atoms with Gasteiger partial charge in [0.1, 0.15) is 0 Å². The number of fused-ring (bicyclic) bond motifs is 1. The number of anilines is 1. The number of rotatable bonds is 2. The second-order valence-electron chi connectivity index (χ2n) is 5.06. The molecule has 0 bridgehead atoms. The minimum absolute atomic E-state index is 0.141. The minimum Gasteiger partial charge on any atom is -0.380 e. The molecule has 0 amide bonds. The largest absolute Gasteiger partial charge is 0.380 e. The van der Waals surface area contributed by atoms with Crippen molar-refractivity contribution < 1.29 is 0 Å². The van der Waals surface area contributed by atoms with Crippen LogP contribution in [0.15, 0.2) is 40.9 Å². The van der Waals surface area contributed by atoms with Crippen molar-refractivity contribution in [2.45, 2.75) is 25.3 Å². The van der Waals surface area contributed by atoms with E-state index in [1.807, 2.05) is 6.07 Å². The topological polar surface area (TPSA) is 35.8 Å². The lowest BCUT2D eigenvalue weighted by Crippen LogP contribution is -2.22. The molecule has 1 aliphatic rings. The molecule has 2 atom stereocenters. The normalized spacial score (nSPS) is 22.3. The molecular formula is C16H15BrN2. The molecular weight excluding hydrogens is 300 g/mol. The molecule has 1 fully saturated rings. The fraction of sp³-hybridized carbons (Fsp3) is 0.312. The van der Waals surface area contributed by atoms with Crippen LogP contribution in [0.5, 0.6) is 0 Å². The van der Waals surface area contributed by atoms with Crippen LogP contribution in [0.25, 0.3) is 10.8 Å². The maximum Gasteiger partial charge on any atom is 0.0677 e. The van der Waals surface area contributed by atoms with Crippen LogP contribution in [0.3, 0.4) is 0 Å². The van der Waals surface area contributed by atoms with Crippen molar-refractivity contribution in [2.24, 2.45) is 5.92 Å². The smallest absolute Gasteiger partial charge is 0.0677 e. The lowest BCUT2D eigenvalue weighted by molar-refractivity contribution is 0.630. The summed E-state index contributed by atoms with van der Waals surface area (Å²) in [5, 5.41) is 15.2. The Kier molecular flexibility index (Phi) is 3.44. The molecule has 3 rings (SSSR count). The van der Waals surface area contributed by atoms with Gasteiger partial charge in [-0.05, 0) is 36.8 Å². The molecule has 3 heteroatoms. The van der Waals surface area contributed by atoms with Gasteiger partial charge in [0.2, 0.25) is 0 Å². The van der Waals surface area contributed by atoms with E-state index in [2.05, 4.69) is 57.6 Å². The van der Waals surface area contributed by atoms with Crippen molar-refractivity contribution in [3.63, 3.8) is 0 Å². The van der Waals surface area contributed by atoms with Crippen LogP contribution >= 0.6 is 15.9 Å². The third-order valence-corrected chi connectivity index (χ3v) is 4.59. The number of halogens is 1. The van der Waals surface area contributed by atoms with Gasteiger partial charge in [0.25, 0.3) is 0 Å². The third-order valence-electron chi connectivity index (χ3n) is 3.89. The zero-order valence-corrected chi connectivity index (χ0v) is 12.2. The fourth-order valence-electron chi connectivity index (χ4n) is 2.88. The van der Waals surface area contributed by atoms with Crippen LogP contribution < -0.4 is 5.32 Å². The highest BCUT2D eigenvalue weighted by Gasteiger charge is 2.27. The number of benzene rings is 2. The molecule has 2 aromatic carbocycles. The second-order valence-corrected chi connectivity index (χ2v) is 5.91. The monoisotopic (exact) mass is 314 g/mol. The first-order chi connectivity index (χ1) is 9.29. The Labute approximate surface area is 121 Å². The maximum absolute atomic E-state index is 9.17. The summed E-state index contributed by atoms with van der Waals surface area (Å²) in [6, 6.07) is 15.2. The van der Waals surface area contributed by atoms with E-state index < -0.39 is 0 Å². The van der Waals surface area contributed by atoms with Gasteiger partial charge in [0.05, 0.1) is 12.0 Å². The summed E-state index contributed by atoms with van der Waals surface area (Å²) >= 11 is 3.59. The van der Waals surface area contributed by atoms with Gasteiger partial charge in [0, 0.05) is 21.6 Å². The molecule has 0 heterocycles. The standard InChI is InChI=1S/C16H15BrN2/c17-14-8-9-16(13-6-2-1-5-12(13)14)19-15-7-3-4-11(15)10-18/h1-2,5-6,8-9,11,15,19H,3-4,7H2. The molecule has 96 valence electrons. The van der Waals surface area contributed by atoms with E-state index in [0.29, 0.717) is 0 Å². The van der Waals surface area contributed by atoms with Crippen LogP contribution in [-0.4, -0.2) is 6.04 Å². The van der Waals surface area contributed by atoms with Gasteiger partial charge < -0.3 is 5.32 Å². The Hall–Kier alpha value is -1.53. The average Bonchev–Trinajstić information content (AvgIpc) is 2.89. The zero-order chi connectivity index (χ0) is 13.2. The highest BCUT2D eigenvalue weighted by Crippen LogP contribution is 2.33. The van der Waals surface area contributed by atoms with E-state index in [0.717, 1.165) is 29.4 Å². The summed E-state index contributed by atoms with van der Waals surface area (Å²) in [6.07, 6.45) is 3.25. The number of hydrogen-bond donors (Lipinski definition) is 1. The van der Waals surface area contributed by atoms with Gasteiger partial charge in [-0.1, -0.05) is 40.2 Å². The Morgan fingerprint density at radius 1 is 1.11 bits per heavy atom. The molecule has 19 heavy (non-hydrogen) atoms. The predicted octanol–water partition coefficient (Wildman–Crippen LogP) is 4.71. The van der Waals surface area contributed by atoms with E-state index in [-0.39, 0.29) is 12.0 Å². The molecule has 1 aliphatic carbocycles. The summed E-state index contributed by atoms with van der Waals surface area (Å²) in [6.45, 7) is 0. The molecule has 0 aromatic heterocycles. The molecule has 0 aliphatic heterocycles. The Balaban J connectivity index is 1.98. The quantitative estimate of drug-likeness (QED) is 0.871. The van der Waals surface area contributed by atoms with Crippen molar-refractivity contribution in [1.29, 1.82) is 5.26 Å². The molecule has 0 saturated heterocycles. The van der Waals surface area contributed by atoms with E-state index in [9.17, 15) is 5.26 Å². The average molecular weight is 315 g/mol. The van der Waals surface area contributed by atoms with Gasteiger partial charge in [-0.3, -0.25) is 0 Å². The van der Waals surface area contributed by atoms with Crippen molar-refractivity contribution in [3.05, 3.63) is 40.9 Å². The summed E-state index contributed by atoms with van der Waals surface area (Å²) in [5.41, 5.74) is 1.13. The first-order valence-corrected chi connectivity index (χ1v) is 7.42. The van der Waals surface area contributed by atoms with Crippen LogP contribution in [-0.2, 0) is 0 Å². The van der Waals surface area contributed by atoms with Crippen molar-refractivity contribution >= 4 is 32.4 Å². The number of hydrogen-bond acceptors (Lipinski definition) is 2. The highest BCUT2D eigenvalue weighted by atomic mass is 79.9. The minimum atomic E-state index is 0.141. The van der Waals surface area contributed by atoms with E-state index >= 15 is 0 Å². The van der Waals surface area contributed by atoms with Crippen LogP contribution in [0.1, 0.15) is 19.3 Å². The Morgan fingerprint density at radius 3 is 2.68 bits per heavy atom. The zero-order valence-electron chi connectivity index (χ0n) is 10.6. The Bertz CT molecular complexity index is 645. The first kappa shape index (κ1) is 12.5. The van der Waals surface area contributed by atoms with E-state index in [1.165, 1.54) is 10.8 Å². The maximum atomic E-state index is 9.17. The highest BCUT2D eigenvalue weighted by molar-refractivity contribution is 9.10. The molecule has 0 radical (unpaired) electrons. The van der Waals surface area contributed by atoms with Gasteiger partial charge in [0.15, 0.2) is 0 Å². The van der Waals surface area contributed by atoms with Gasteiger partial charge >= 0.3 is 0 Å². The number of nitrogens with one attached hydrogen (secondary N) is 1. The molecule has 2 unspecified atom stereocenters. The SMILES string of the molecule is N#CC1CCCC1Nc1ccc(Br)c2ccccc12. The molecule has 0 spiro atoms.